The Bertz CT molecular complexity index is 462. The molecule has 1 heterocycles. The molecule has 0 spiro atoms. The second kappa shape index (κ2) is 5.12. The van der Waals surface area contributed by atoms with E-state index in [1.54, 1.807) is 11.3 Å². The van der Waals surface area contributed by atoms with Gasteiger partial charge in [-0.25, -0.2) is 4.98 Å². The van der Waals surface area contributed by atoms with Crippen LogP contribution >= 0.6 is 11.3 Å². The first kappa shape index (κ1) is 11.1. The largest absolute Gasteiger partial charge is 0.380 e. The normalized spacial score (nSPS) is 10.4. The molecule has 0 unspecified atom stereocenters. The third-order valence-electron chi connectivity index (χ3n) is 2.52. The fraction of sp³-hybridized carbons (Fsp3) is 0.308. The number of aromatic nitrogens is 1. The number of anilines is 1. The molecule has 84 valence electrons. The summed E-state index contributed by atoms with van der Waals surface area (Å²) in [6.45, 7) is 5.08. The lowest BCUT2D eigenvalue weighted by atomic mass is 10.1. The Hall–Kier alpha value is -1.35. The van der Waals surface area contributed by atoms with Crippen molar-refractivity contribution in [3.63, 3.8) is 0 Å². The minimum absolute atomic E-state index is 0.864. The Balaban J connectivity index is 2.04. The first-order chi connectivity index (χ1) is 7.79. The van der Waals surface area contributed by atoms with Crippen molar-refractivity contribution < 1.29 is 0 Å². The zero-order valence-corrected chi connectivity index (χ0v) is 10.5. The molecule has 0 bridgehead atoms. The maximum Gasteiger partial charge on any atom is 0.0897 e. The average molecular weight is 232 g/mol. The van der Waals surface area contributed by atoms with Gasteiger partial charge in [0.05, 0.1) is 11.6 Å². The van der Waals surface area contributed by atoms with E-state index in [-0.39, 0.29) is 0 Å². The summed E-state index contributed by atoms with van der Waals surface area (Å²) in [6.07, 6.45) is 3.01. The number of benzene rings is 1. The highest BCUT2D eigenvalue weighted by molar-refractivity contribution is 7.11. The highest BCUT2D eigenvalue weighted by Crippen LogP contribution is 2.18. The van der Waals surface area contributed by atoms with E-state index in [2.05, 4.69) is 41.5 Å². The van der Waals surface area contributed by atoms with Crippen molar-refractivity contribution in [1.82, 2.24) is 4.98 Å². The summed E-state index contributed by atoms with van der Waals surface area (Å²) in [5, 5.41) is 4.59. The highest BCUT2D eigenvalue weighted by atomic mass is 32.1. The highest BCUT2D eigenvalue weighted by Gasteiger charge is 2.01. The van der Waals surface area contributed by atoms with E-state index in [1.807, 2.05) is 13.1 Å². The first-order valence-electron chi connectivity index (χ1n) is 5.52. The molecular weight excluding hydrogens is 216 g/mol. The van der Waals surface area contributed by atoms with Crippen molar-refractivity contribution in [2.45, 2.75) is 26.8 Å². The van der Waals surface area contributed by atoms with E-state index >= 15 is 0 Å². The molecule has 0 radical (unpaired) electrons. The van der Waals surface area contributed by atoms with Crippen LogP contribution < -0.4 is 5.32 Å². The van der Waals surface area contributed by atoms with E-state index in [1.165, 1.54) is 16.1 Å². The molecule has 0 saturated heterocycles. The van der Waals surface area contributed by atoms with E-state index < -0.39 is 0 Å². The van der Waals surface area contributed by atoms with Crippen LogP contribution in [-0.2, 0) is 13.0 Å². The van der Waals surface area contributed by atoms with Gasteiger partial charge in [0.25, 0.3) is 0 Å². The molecule has 0 saturated carbocycles. The van der Waals surface area contributed by atoms with E-state index in [9.17, 15) is 0 Å². The fourth-order valence-corrected chi connectivity index (χ4v) is 2.41. The topological polar surface area (TPSA) is 24.9 Å². The van der Waals surface area contributed by atoms with Crippen LogP contribution in [-0.4, -0.2) is 4.98 Å². The van der Waals surface area contributed by atoms with Crippen LogP contribution in [0, 0.1) is 6.92 Å². The van der Waals surface area contributed by atoms with Crippen LogP contribution in [0.1, 0.15) is 22.4 Å². The summed E-state index contributed by atoms with van der Waals surface area (Å²) in [5.41, 5.74) is 2.60. The molecule has 1 aromatic carbocycles. The van der Waals surface area contributed by atoms with Crippen LogP contribution in [0.3, 0.4) is 0 Å². The Morgan fingerprint density at radius 1 is 1.31 bits per heavy atom. The van der Waals surface area contributed by atoms with Gasteiger partial charge in [-0.05, 0) is 25.0 Å². The number of hydrogen-bond donors (Lipinski definition) is 1. The number of aryl methyl sites for hydroxylation is 2. The van der Waals surface area contributed by atoms with Crippen molar-refractivity contribution in [1.29, 1.82) is 0 Å². The van der Waals surface area contributed by atoms with Crippen molar-refractivity contribution in [2.24, 2.45) is 0 Å². The van der Waals surface area contributed by atoms with Crippen molar-refractivity contribution in [2.75, 3.05) is 5.32 Å². The standard InChI is InChI=1S/C13H16N2S/c1-3-11-6-4-5-7-13(11)15-9-12-8-14-10(2)16-12/h4-8,15H,3,9H2,1-2H3. The second-order valence-electron chi connectivity index (χ2n) is 3.71. The van der Waals surface area contributed by atoms with Crippen molar-refractivity contribution in [3.8, 4) is 0 Å². The SMILES string of the molecule is CCc1ccccc1NCc1cnc(C)s1. The summed E-state index contributed by atoms with van der Waals surface area (Å²) in [4.78, 5) is 5.53. The van der Waals surface area contributed by atoms with Crippen LogP contribution in [0.5, 0.6) is 0 Å². The molecule has 1 aromatic heterocycles. The molecule has 16 heavy (non-hydrogen) atoms. The number of rotatable bonds is 4. The van der Waals surface area contributed by atoms with Crippen LogP contribution in [0.15, 0.2) is 30.5 Å². The molecule has 0 aliphatic carbocycles. The third kappa shape index (κ3) is 2.61. The minimum Gasteiger partial charge on any atom is -0.380 e. The Morgan fingerprint density at radius 3 is 2.81 bits per heavy atom. The second-order valence-corrected chi connectivity index (χ2v) is 5.03. The van der Waals surface area contributed by atoms with Crippen molar-refractivity contribution in [3.05, 3.63) is 45.9 Å². The van der Waals surface area contributed by atoms with E-state index in [0.29, 0.717) is 0 Å². The van der Waals surface area contributed by atoms with Gasteiger partial charge in [-0.3, -0.25) is 0 Å². The third-order valence-corrected chi connectivity index (χ3v) is 3.43. The molecule has 0 fully saturated rings. The van der Waals surface area contributed by atoms with Gasteiger partial charge in [-0.2, -0.15) is 0 Å². The molecule has 3 heteroatoms. The predicted molar refractivity (Wildman–Crippen MR) is 70.0 cm³/mol. The lowest BCUT2D eigenvalue weighted by Gasteiger charge is -2.09. The molecule has 2 aromatic rings. The molecule has 0 aliphatic heterocycles. The quantitative estimate of drug-likeness (QED) is 0.870. The Morgan fingerprint density at radius 2 is 2.12 bits per heavy atom. The Kier molecular flexibility index (Phi) is 3.57. The summed E-state index contributed by atoms with van der Waals surface area (Å²) in [5.74, 6) is 0. The minimum atomic E-state index is 0.864. The number of nitrogens with zero attached hydrogens (tertiary/aromatic N) is 1. The maximum atomic E-state index is 4.25. The zero-order chi connectivity index (χ0) is 11.4. The van der Waals surface area contributed by atoms with Crippen molar-refractivity contribution >= 4 is 17.0 Å². The first-order valence-corrected chi connectivity index (χ1v) is 6.34. The molecule has 1 N–H and O–H groups in total. The monoisotopic (exact) mass is 232 g/mol. The molecule has 2 nitrogen and oxygen atoms in total. The summed E-state index contributed by atoms with van der Waals surface area (Å²) < 4.78 is 0. The summed E-state index contributed by atoms with van der Waals surface area (Å²) in [6, 6.07) is 8.45. The van der Waals surface area contributed by atoms with Gasteiger partial charge in [-0.1, -0.05) is 25.1 Å². The summed E-state index contributed by atoms with van der Waals surface area (Å²) >= 11 is 1.75. The van der Waals surface area contributed by atoms with Crippen LogP contribution in [0.2, 0.25) is 0 Å². The molecule has 0 aliphatic rings. The maximum absolute atomic E-state index is 4.25. The molecule has 2 rings (SSSR count). The van der Waals surface area contributed by atoms with E-state index in [4.69, 9.17) is 0 Å². The van der Waals surface area contributed by atoms with Crippen LogP contribution in [0.4, 0.5) is 5.69 Å². The number of thiazole rings is 1. The van der Waals surface area contributed by atoms with Gasteiger partial charge >= 0.3 is 0 Å². The predicted octanol–water partition coefficient (Wildman–Crippen LogP) is 3.63. The number of hydrogen-bond acceptors (Lipinski definition) is 3. The zero-order valence-electron chi connectivity index (χ0n) is 9.66. The van der Waals surface area contributed by atoms with E-state index in [0.717, 1.165) is 18.0 Å². The van der Waals surface area contributed by atoms with Gasteiger partial charge in [0.2, 0.25) is 0 Å². The smallest absolute Gasteiger partial charge is 0.0897 e. The van der Waals surface area contributed by atoms with Gasteiger partial charge in [0.15, 0.2) is 0 Å². The summed E-state index contributed by atoms with van der Waals surface area (Å²) in [7, 11) is 0. The number of para-hydroxylation sites is 1. The van der Waals surface area contributed by atoms with Gasteiger partial charge in [0, 0.05) is 16.8 Å². The Labute approximate surface area is 100 Å². The number of nitrogens with one attached hydrogen (secondary N) is 1. The fourth-order valence-electron chi connectivity index (χ4n) is 1.67. The van der Waals surface area contributed by atoms with Gasteiger partial charge in [0.1, 0.15) is 0 Å². The van der Waals surface area contributed by atoms with Gasteiger partial charge < -0.3 is 5.32 Å². The lowest BCUT2D eigenvalue weighted by Crippen LogP contribution is -2.00. The lowest BCUT2D eigenvalue weighted by molar-refractivity contribution is 1.10. The van der Waals surface area contributed by atoms with Crippen LogP contribution in [0.25, 0.3) is 0 Å². The average Bonchev–Trinajstić information content (AvgIpc) is 2.73. The molecular formula is C13H16N2S. The van der Waals surface area contributed by atoms with Gasteiger partial charge in [-0.15, -0.1) is 11.3 Å². The molecule has 0 atom stereocenters. The molecule has 0 amide bonds.